The smallest absolute Gasteiger partial charge is 0.329 e. The molecule has 0 unspecified atom stereocenters. The highest BCUT2D eigenvalue weighted by Gasteiger charge is 2.34. The molecule has 0 amide bonds. The van der Waals surface area contributed by atoms with Gasteiger partial charge in [-0.3, -0.25) is 0 Å². The van der Waals surface area contributed by atoms with Gasteiger partial charge in [0.2, 0.25) is 0 Å². The maximum Gasteiger partial charge on any atom is 0.419 e. The van der Waals surface area contributed by atoms with Crippen molar-refractivity contribution in [1.29, 1.82) is 0 Å². The first kappa shape index (κ1) is 11.9. The van der Waals surface area contributed by atoms with E-state index in [4.69, 9.17) is 11.5 Å². The van der Waals surface area contributed by atoms with E-state index >= 15 is 0 Å². The Hall–Kier alpha value is -1.14. The largest absolute Gasteiger partial charge is 0.419 e. The van der Waals surface area contributed by atoms with Gasteiger partial charge in [-0.05, 0) is 17.7 Å². The number of alkyl halides is 3. The van der Waals surface area contributed by atoms with Gasteiger partial charge < -0.3 is 11.5 Å². The highest BCUT2D eigenvalue weighted by atomic mass is 19.4. The first-order chi connectivity index (χ1) is 6.86. The van der Waals surface area contributed by atoms with Gasteiger partial charge in [-0.15, -0.1) is 0 Å². The molecule has 0 aliphatic heterocycles. The van der Waals surface area contributed by atoms with E-state index in [1.807, 2.05) is 0 Å². The van der Waals surface area contributed by atoms with E-state index in [1.54, 1.807) is 0 Å². The molecule has 6 heteroatoms. The van der Waals surface area contributed by atoms with Crippen LogP contribution in [-0.2, 0) is 6.18 Å². The molecule has 0 fully saturated rings. The molecule has 0 saturated carbocycles. The van der Waals surface area contributed by atoms with Gasteiger partial charge in [0, 0.05) is 12.6 Å². The summed E-state index contributed by atoms with van der Waals surface area (Å²) in [5, 5.41) is 0. The number of rotatable bonds is 2. The average molecular weight is 222 g/mol. The lowest BCUT2D eigenvalue weighted by Gasteiger charge is -2.13. The Morgan fingerprint density at radius 2 is 1.87 bits per heavy atom. The zero-order chi connectivity index (χ0) is 11.6. The molecule has 0 saturated heterocycles. The van der Waals surface area contributed by atoms with Crippen LogP contribution in [0.25, 0.3) is 0 Å². The molecule has 1 aromatic rings. The summed E-state index contributed by atoms with van der Waals surface area (Å²) in [7, 11) is 0. The van der Waals surface area contributed by atoms with Crippen LogP contribution in [0, 0.1) is 5.82 Å². The lowest BCUT2D eigenvalue weighted by molar-refractivity contribution is -0.140. The van der Waals surface area contributed by atoms with Crippen LogP contribution in [0.5, 0.6) is 0 Å². The Morgan fingerprint density at radius 3 is 2.33 bits per heavy atom. The topological polar surface area (TPSA) is 52.0 Å². The molecule has 84 valence electrons. The summed E-state index contributed by atoms with van der Waals surface area (Å²) < 4.78 is 49.7. The van der Waals surface area contributed by atoms with Gasteiger partial charge in [-0.2, -0.15) is 13.2 Å². The summed E-state index contributed by atoms with van der Waals surface area (Å²) in [4.78, 5) is 0. The SMILES string of the molecule is NC[C@@H](N)c1ccc(F)c(C(F)(F)F)c1. The second-order valence-electron chi connectivity index (χ2n) is 3.08. The second kappa shape index (κ2) is 4.16. The quantitative estimate of drug-likeness (QED) is 0.749. The fourth-order valence-corrected chi connectivity index (χ4v) is 1.13. The zero-order valence-corrected chi connectivity index (χ0v) is 7.68. The van der Waals surface area contributed by atoms with Crippen molar-refractivity contribution in [3.8, 4) is 0 Å². The van der Waals surface area contributed by atoms with Crippen LogP contribution in [0.2, 0.25) is 0 Å². The first-order valence-electron chi connectivity index (χ1n) is 4.18. The second-order valence-corrected chi connectivity index (χ2v) is 3.08. The van der Waals surface area contributed by atoms with Crippen LogP contribution in [0.15, 0.2) is 18.2 Å². The highest BCUT2D eigenvalue weighted by molar-refractivity contribution is 5.29. The van der Waals surface area contributed by atoms with Gasteiger partial charge >= 0.3 is 6.18 Å². The Morgan fingerprint density at radius 1 is 1.27 bits per heavy atom. The number of hydrogen-bond donors (Lipinski definition) is 2. The molecular weight excluding hydrogens is 212 g/mol. The lowest BCUT2D eigenvalue weighted by Crippen LogP contribution is -2.21. The molecular formula is C9H10F4N2. The fraction of sp³-hybridized carbons (Fsp3) is 0.333. The summed E-state index contributed by atoms with van der Waals surface area (Å²) in [5.74, 6) is -1.31. The zero-order valence-electron chi connectivity index (χ0n) is 7.68. The van der Waals surface area contributed by atoms with Crippen LogP contribution in [0.4, 0.5) is 17.6 Å². The summed E-state index contributed by atoms with van der Waals surface area (Å²) in [5.41, 5.74) is 9.50. The van der Waals surface area contributed by atoms with Crippen molar-refractivity contribution in [2.45, 2.75) is 12.2 Å². The number of nitrogens with two attached hydrogens (primary N) is 2. The summed E-state index contributed by atoms with van der Waals surface area (Å²) in [6, 6.07) is 1.91. The van der Waals surface area contributed by atoms with Gasteiger partial charge in [0.1, 0.15) is 5.82 Å². The van der Waals surface area contributed by atoms with Crippen molar-refractivity contribution in [3.05, 3.63) is 35.1 Å². The Kier molecular flexibility index (Phi) is 3.31. The maximum absolute atomic E-state index is 12.8. The number of hydrogen-bond acceptors (Lipinski definition) is 2. The third kappa shape index (κ3) is 2.66. The van der Waals surface area contributed by atoms with E-state index in [0.29, 0.717) is 6.07 Å². The molecule has 0 aliphatic carbocycles. The van der Waals surface area contributed by atoms with Crippen LogP contribution in [0.1, 0.15) is 17.2 Å². The summed E-state index contributed by atoms with van der Waals surface area (Å²) >= 11 is 0. The third-order valence-electron chi connectivity index (χ3n) is 1.98. The molecule has 2 nitrogen and oxygen atoms in total. The van der Waals surface area contributed by atoms with Crippen molar-refractivity contribution in [3.63, 3.8) is 0 Å². The molecule has 1 aromatic carbocycles. The summed E-state index contributed by atoms with van der Waals surface area (Å²) in [6.45, 7) is 0.00291. The van der Waals surface area contributed by atoms with Gasteiger partial charge in [0.15, 0.2) is 0 Å². The third-order valence-corrected chi connectivity index (χ3v) is 1.98. The van der Waals surface area contributed by atoms with Gasteiger partial charge in [-0.1, -0.05) is 6.07 Å². The normalized spacial score (nSPS) is 14.0. The molecule has 1 atom stereocenters. The lowest BCUT2D eigenvalue weighted by atomic mass is 10.0. The van der Waals surface area contributed by atoms with Crippen molar-refractivity contribution >= 4 is 0 Å². The van der Waals surface area contributed by atoms with Crippen molar-refractivity contribution < 1.29 is 17.6 Å². The molecule has 0 aliphatic rings. The molecule has 0 bridgehead atoms. The summed E-state index contributed by atoms with van der Waals surface area (Å²) in [6.07, 6.45) is -4.71. The number of halogens is 4. The average Bonchev–Trinajstić information content (AvgIpc) is 2.15. The predicted molar refractivity (Wildman–Crippen MR) is 47.4 cm³/mol. The Bertz CT molecular complexity index is 348. The Labute approximate surface area is 83.9 Å². The maximum atomic E-state index is 12.8. The predicted octanol–water partition coefficient (Wildman–Crippen LogP) is 1.80. The van der Waals surface area contributed by atoms with Gasteiger partial charge in [0.25, 0.3) is 0 Å². The van der Waals surface area contributed by atoms with E-state index in [0.717, 1.165) is 6.07 Å². The highest BCUT2D eigenvalue weighted by Crippen LogP contribution is 2.32. The van der Waals surface area contributed by atoms with E-state index in [2.05, 4.69) is 0 Å². The van der Waals surface area contributed by atoms with E-state index in [9.17, 15) is 17.6 Å². The number of benzene rings is 1. The van der Waals surface area contributed by atoms with Crippen LogP contribution in [0.3, 0.4) is 0 Å². The molecule has 1 rings (SSSR count). The van der Waals surface area contributed by atoms with Gasteiger partial charge in [-0.25, -0.2) is 4.39 Å². The minimum Gasteiger partial charge on any atom is -0.329 e. The molecule has 15 heavy (non-hydrogen) atoms. The molecule has 0 aromatic heterocycles. The van der Waals surface area contributed by atoms with Crippen LogP contribution < -0.4 is 11.5 Å². The van der Waals surface area contributed by atoms with Crippen molar-refractivity contribution in [2.24, 2.45) is 11.5 Å². The van der Waals surface area contributed by atoms with Gasteiger partial charge in [0.05, 0.1) is 5.56 Å². The monoisotopic (exact) mass is 222 g/mol. The van der Waals surface area contributed by atoms with E-state index < -0.39 is 23.6 Å². The van der Waals surface area contributed by atoms with E-state index in [1.165, 1.54) is 6.07 Å². The molecule has 0 radical (unpaired) electrons. The minimum atomic E-state index is -4.71. The molecule has 4 N–H and O–H groups in total. The van der Waals surface area contributed by atoms with Crippen molar-refractivity contribution in [2.75, 3.05) is 6.54 Å². The minimum absolute atomic E-state index is 0.00291. The van der Waals surface area contributed by atoms with Crippen molar-refractivity contribution in [1.82, 2.24) is 0 Å². The van der Waals surface area contributed by atoms with E-state index in [-0.39, 0.29) is 12.1 Å². The first-order valence-corrected chi connectivity index (χ1v) is 4.18. The fourth-order valence-electron chi connectivity index (χ4n) is 1.13. The van der Waals surface area contributed by atoms with Crippen LogP contribution >= 0.6 is 0 Å². The molecule has 0 spiro atoms. The standard InChI is InChI=1S/C9H10F4N2/c10-7-2-1-5(8(15)4-14)3-6(7)9(11,12)13/h1-3,8H,4,14-15H2/t8-/m1/s1. The molecule has 0 heterocycles. The Balaban J connectivity index is 3.17. The van der Waals surface area contributed by atoms with Crippen LogP contribution in [-0.4, -0.2) is 6.54 Å².